The number of hydrogen-bond donors (Lipinski definition) is 0. The predicted molar refractivity (Wildman–Crippen MR) is 61.7 cm³/mol. The fourth-order valence-electron chi connectivity index (χ4n) is 1.55. The highest BCUT2D eigenvalue weighted by atomic mass is 32.2. The van der Waals surface area contributed by atoms with Crippen molar-refractivity contribution in [2.24, 2.45) is 0 Å². The van der Waals surface area contributed by atoms with Gasteiger partial charge in [-0.05, 0) is 19.1 Å². The van der Waals surface area contributed by atoms with Crippen molar-refractivity contribution in [2.75, 3.05) is 24.6 Å². The van der Waals surface area contributed by atoms with E-state index in [1.807, 2.05) is 11.3 Å². The Balaban J connectivity index is 1.89. The molecule has 0 aromatic carbocycles. The average Bonchev–Trinajstić information content (AvgIpc) is 2.53. The SMILES string of the molecule is Cc1ccc(CN2CCSCC2)s1. The number of rotatable bonds is 2. The molecule has 2 rings (SSSR count). The molecule has 0 radical (unpaired) electrons. The summed E-state index contributed by atoms with van der Waals surface area (Å²) in [7, 11) is 0. The van der Waals surface area contributed by atoms with Crippen LogP contribution in [0.1, 0.15) is 9.75 Å². The summed E-state index contributed by atoms with van der Waals surface area (Å²) in [4.78, 5) is 5.51. The van der Waals surface area contributed by atoms with E-state index in [0.717, 1.165) is 0 Å². The third kappa shape index (κ3) is 2.73. The fourth-order valence-corrected chi connectivity index (χ4v) is 3.46. The zero-order valence-corrected chi connectivity index (χ0v) is 9.59. The van der Waals surface area contributed by atoms with E-state index < -0.39 is 0 Å². The second-order valence-electron chi connectivity index (χ2n) is 3.40. The van der Waals surface area contributed by atoms with Gasteiger partial charge < -0.3 is 0 Å². The zero-order chi connectivity index (χ0) is 9.10. The molecule has 0 unspecified atom stereocenters. The van der Waals surface area contributed by atoms with E-state index in [-0.39, 0.29) is 0 Å². The summed E-state index contributed by atoms with van der Waals surface area (Å²) in [5.41, 5.74) is 0. The van der Waals surface area contributed by atoms with Crippen molar-refractivity contribution in [1.82, 2.24) is 4.90 Å². The molecule has 1 aromatic rings. The van der Waals surface area contributed by atoms with Gasteiger partial charge in [0.2, 0.25) is 0 Å². The van der Waals surface area contributed by atoms with Crippen LogP contribution in [0.3, 0.4) is 0 Å². The zero-order valence-electron chi connectivity index (χ0n) is 7.95. The van der Waals surface area contributed by atoms with Crippen LogP contribution in [0.5, 0.6) is 0 Å². The van der Waals surface area contributed by atoms with Gasteiger partial charge in [-0.15, -0.1) is 11.3 Å². The Labute approximate surface area is 88.1 Å². The molecule has 3 heteroatoms. The Hall–Kier alpha value is 0.01000. The topological polar surface area (TPSA) is 3.24 Å². The molecular weight excluding hydrogens is 198 g/mol. The first-order chi connectivity index (χ1) is 6.34. The van der Waals surface area contributed by atoms with Gasteiger partial charge in [0.1, 0.15) is 0 Å². The molecule has 0 N–H and O–H groups in total. The van der Waals surface area contributed by atoms with Gasteiger partial charge in [-0.2, -0.15) is 11.8 Å². The van der Waals surface area contributed by atoms with E-state index in [9.17, 15) is 0 Å². The summed E-state index contributed by atoms with van der Waals surface area (Å²) < 4.78 is 0. The highest BCUT2D eigenvalue weighted by molar-refractivity contribution is 7.99. The number of thiophene rings is 1. The highest BCUT2D eigenvalue weighted by Gasteiger charge is 2.10. The molecule has 0 bridgehead atoms. The molecule has 2 heterocycles. The van der Waals surface area contributed by atoms with Crippen LogP contribution in [0.15, 0.2) is 12.1 Å². The minimum absolute atomic E-state index is 1.17. The van der Waals surface area contributed by atoms with Crippen LogP contribution in [0.4, 0.5) is 0 Å². The standard InChI is InChI=1S/C10H15NS2/c1-9-2-3-10(13-9)8-11-4-6-12-7-5-11/h2-3H,4-8H2,1H3. The maximum atomic E-state index is 2.56. The lowest BCUT2D eigenvalue weighted by Crippen LogP contribution is -2.31. The summed E-state index contributed by atoms with van der Waals surface area (Å²) in [5, 5.41) is 0. The Bertz CT molecular complexity index is 264. The molecule has 1 nitrogen and oxygen atoms in total. The first-order valence-electron chi connectivity index (χ1n) is 4.70. The lowest BCUT2D eigenvalue weighted by molar-refractivity contribution is 0.297. The molecule has 1 aliphatic heterocycles. The molecule has 1 aromatic heterocycles. The highest BCUT2D eigenvalue weighted by Crippen LogP contribution is 2.19. The van der Waals surface area contributed by atoms with Crippen molar-refractivity contribution in [3.05, 3.63) is 21.9 Å². The number of nitrogens with zero attached hydrogens (tertiary/aromatic N) is 1. The molecule has 1 fully saturated rings. The summed E-state index contributed by atoms with van der Waals surface area (Å²) in [6.07, 6.45) is 0. The van der Waals surface area contributed by atoms with Crippen molar-refractivity contribution in [1.29, 1.82) is 0 Å². The first-order valence-corrected chi connectivity index (χ1v) is 6.67. The van der Waals surface area contributed by atoms with Crippen molar-refractivity contribution >= 4 is 23.1 Å². The number of aryl methyl sites for hydroxylation is 1. The molecule has 0 amide bonds. The van der Waals surface area contributed by atoms with Gasteiger partial charge in [0, 0.05) is 40.9 Å². The van der Waals surface area contributed by atoms with E-state index in [4.69, 9.17) is 0 Å². The molecule has 0 atom stereocenters. The smallest absolute Gasteiger partial charge is 0.0328 e. The second-order valence-corrected chi connectivity index (χ2v) is 6.00. The number of hydrogen-bond acceptors (Lipinski definition) is 3. The van der Waals surface area contributed by atoms with E-state index in [1.165, 1.54) is 40.9 Å². The lowest BCUT2D eigenvalue weighted by atomic mass is 10.4. The van der Waals surface area contributed by atoms with E-state index in [0.29, 0.717) is 0 Å². The summed E-state index contributed by atoms with van der Waals surface area (Å²) in [5.74, 6) is 2.62. The van der Waals surface area contributed by atoms with Gasteiger partial charge in [0.15, 0.2) is 0 Å². The molecule has 0 saturated carbocycles. The van der Waals surface area contributed by atoms with Crippen LogP contribution in [0.25, 0.3) is 0 Å². The van der Waals surface area contributed by atoms with Crippen LogP contribution in [-0.4, -0.2) is 29.5 Å². The van der Waals surface area contributed by atoms with Gasteiger partial charge >= 0.3 is 0 Å². The lowest BCUT2D eigenvalue weighted by Gasteiger charge is -2.25. The van der Waals surface area contributed by atoms with E-state index in [1.54, 1.807) is 0 Å². The Morgan fingerprint density at radius 2 is 2.08 bits per heavy atom. The Morgan fingerprint density at radius 3 is 2.69 bits per heavy atom. The largest absolute Gasteiger partial charge is 0.297 e. The van der Waals surface area contributed by atoms with E-state index in [2.05, 4.69) is 35.7 Å². The fraction of sp³-hybridized carbons (Fsp3) is 0.600. The Morgan fingerprint density at radius 1 is 1.31 bits per heavy atom. The predicted octanol–water partition coefficient (Wildman–Crippen LogP) is 2.61. The minimum atomic E-state index is 1.17. The normalized spacial score (nSPS) is 19.2. The van der Waals surface area contributed by atoms with Gasteiger partial charge in [-0.25, -0.2) is 0 Å². The minimum Gasteiger partial charge on any atom is -0.297 e. The van der Waals surface area contributed by atoms with Crippen LogP contribution < -0.4 is 0 Å². The second kappa shape index (κ2) is 4.49. The maximum absolute atomic E-state index is 2.56. The average molecular weight is 213 g/mol. The van der Waals surface area contributed by atoms with Gasteiger partial charge in [-0.3, -0.25) is 4.90 Å². The summed E-state index contributed by atoms with van der Waals surface area (Å²) in [6, 6.07) is 4.49. The summed E-state index contributed by atoms with van der Waals surface area (Å²) in [6.45, 7) is 5.88. The molecule has 0 spiro atoms. The van der Waals surface area contributed by atoms with Gasteiger partial charge in [-0.1, -0.05) is 0 Å². The van der Waals surface area contributed by atoms with Gasteiger partial charge in [0.05, 0.1) is 0 Å². The molecule has 1 aliphatic rings. The van der Waals surface area contributed by atoms with Crippen LogP contribution in [0.2, 0.25) is 0 Å². The Kier molecular flexibility index (Phi) is 3.30. The van der Waals surface area contributed by atoms with Crippen molar-refractivity contribution in [3.63, 3.8) is 0 Å². The third-order valence-corrected chi connectivity index (χ3v) is 4.21. The van der Waals surface area contributed by atoms with Crippen molar-refractivity contribution in [2.45, 2.75) is 13.5 Å². The molecule has 0 aliphatic carbocycles. The van der Waals surface area contributed by atoms with Gasteiger partial charge in [0.25, 0.3) is 0 Å². The van der Waals surface area contributed by atoms with E-state index >= 15 is 0 Å². The number of thioether (sulfide) groups is 1. The quantitative estimate of drug-likeness (QED) is 0.743. The van der Waals surface area contributed by atoms with Crippen molar-refractivity contribution in [3.8, 4) is 0 Å². The van der Waals surface area contributed by atoms with Crippen LogP contribution in [-0.2, 0) is 6.54 Å². The van der Waals surface area contributed by atoms with Crippen molar-refractivity contribution < 1.29 is 0 Å². The first kappa shape index (κ1) is 9.56. The van der Waals surface area contributed by atoms with Crippen LogP contribution in [0, 0.1) is 6.92 Å². The monoisotopic (exact) mass is 213 g/mol. The molecule has 72 valence electrons. The maximum Gasteiger partial charge on any atom is 0.0328 e. The van der Waals surface area contributed by atoms with Crippen LogP contribution >= 0.6 is 23.1 Å². The summed E-state index contributed by atoms with van der Waals surface area (Å²) >= 11 is 4.01. The molecular formula is C10H15NS2. The third-order valence-electron chi connectivity index (χ3n) is 2.28. The molecule has 1 saturated heterocycles. The molecule has 13 heavy (non-hydrogen) atoms.